The van der Waals surface area contributed by atoms with Gasteiger partial charge in [0.15, 0.2) is 12.5 Å². The topological polar surface area (TPSA) is 39.7 Å². The molecule has 0 atom stereocenters. The van der Waals surface area contributed by atoms with E-state index in [2.05, 4.69) is 42.2 Å². The number of hydrogen-bond donors (Lipinski definition) is 1. The first-order chi connectivity index (χ1) is 14.1. The summed E-state index contributed by atoms with van der Waals surface area (Å²) in [7, 11) is 3.70. The van der Waals surface area contributed by atoms with Crippen LogP contribution in [0.3, 0.4) is 0 Å². The van der Waals surface area contributed by atoms with Gasteiger partial charge in [-0.15, -0.1) is 5.10 Å². The van der Waals surface area contributed by atoms with E-state index >= 15 is 0 Å². The molecule has 0 radical (unpaired) electrons. The summed E-state index contributed by atoms with van der Waals surface area (Å²) in [5.41, 5.74) is 3.60. The zero-order chi connectivity index (χ0) is 20.4. The van der Waals surface area contributed by atoms with Gasteiger partial charge in [0.1, 0.15) is 5.75 Å². The molecule has 0 aliphatic carbocycles. The number of hydrogen-bond acceptors (Lipinski definition) is 4. The Hall–Kier alpha value is -2.64. The number of methoxy groups -OCH3 is 1. The number of piperazine rings is 1. The van der Waals surface area contributed by atoms with Crippen LogP contribution in [0.2, 0.25) is 0 Å². The van der Waals surface area contributed by atoms with E-state index < -0.39 is 0 Å². The van der Waals surface area contributed by atoms with Crippen LogP contribution in [0, 0.1) is 11.7 Å². The van der Waals surface area contributed by atoms with Crippen LogP contribution in [0.5, 0.6) is 5.75 Å². The Kier molecular flexibility index (Phi) is 5.69. The van der Waals surface area contributed by atoms with Crippen LogP contribution in [0.1, 0.15) is 5.56 Å². The minimum atomic E-state index is 0.772. The molecule has 1 saturated heterocycles. The van der Waals surface area contributed by atoms with Gasteiger partial charge in [-0.1, -0.05) is 24.3 Å². The van der Waals surface area contributed by atoms with Gasteiger partial charge in [-0.05, 0) is 49.0 Å². The van der Waals surface area contributed by atoms with Crippen molar-refractivity contribution in [1.82, 2.24) is 14.3 Å². The van der Waals surface area contributed by atoms with Crippen molar-refractivity contribution in [2.24, 2.45) is 7.05 Å². The average molecular weight is 411 g/mol. The fourth-order valence-corrected chi connectivity index (χ4v) is 4.09. The Morgan fingerprint density at radius 1 is 1.07 bits per heavy atom. The van der Waals surface area contributed by atoms with E-state index in [0.717, 1.165) is 54.8 Å². The number of benzene rings is 2. The third kappa shape index (κ3) is 4.06. The number of rotatable bonds is 5. The lowest BCUT2D eigenvalue weighted by molar-refractivity contribution is -0.924. The predicted molar refractivity (Wildman–Crippen MR) is 118 cm³/mol. The molecule has 4 rings (SSSR count). The summed E-state index contributed by atoms with van der Waals surface area (Å²) in [6.45, 7) is 7.07. The van der Waals surface area contributed by atoms with E-state index in [-0.39, 0.29) is 0 Å². The molecule has 0 saturated carbocycles. The van der Waals surface area contributed by atoms with Gasteiger partial charge in [0.2, 0.25) is 4.77 Å². The first kappa shape index (κ1) is 19.7. The highest BCUT2D eigenvalue weighted by molar-refractivity contribution is 7.71. The molecule has 6 nitrogen and oxygen atoms in total. The fourth-order valence-electron chi connectivity index (χ4n) is 3.89. The molecule has 2 aromatic carbocycles. The average Bonchev–Trinajstić information content (AvgIpc) is 3.03. The monoisotopic (exact) mass is 410 g/mol. The SMILES string of the molecule is COc1ccc(N2CC[NH+](Cn3nc(-c4ccccc4C)n(C)c3=S)CC2)cc1. The van der Waals surface area contributed by atoms with Crippen LogP contribution in [-0.2, 0) is 13.7 Å². The Morgan fingerprint density at radius 2 is 1.76 bits per heavy atom. The van der Waals surface area contributed by atoms with Gasteiger partial charge < -0.3 is 19.1 Å². The highest BCUT2D eigenvalue weighted by atomic mass is 32.1. The number of anilines is 1. The molecule has 2 heterocycles. The summed E-state index contributed by atoms with van der Waals surface area (Å²) in [5.74, 6) is 1.83. The minimum Gasteiger partial charge on any atom is -0.497 e. The van der Waals surface area contributed by atoms with Crippen molar-refractivity contribution in [3.8, 4) is 17.1 Å². The zero-order valence-electron chi connectivity index (χ0n) is 17.3. The van der Waals surface area contributed by atoms with Gasteiger partial charge >= 0.3 is 0 Å². The Balaban J connectivity index is 1.44. The maximum absolute atomic E-state index is 5.68. The van der Waals surface area contributed by atoms with E-state index in [1.54, 1.807) is 7.11 Å². The van der Waals surface area contributed by atoms with Gasteiger partial charge in [0, 0.05) is 18.3 Å². The Morgan fingerprint density at radius 3 is 2.41 bits per heavy atom. The summed E-state index contributed by atoms with van der Waals surface area (Å²) in [5, 5.41) is 4.86. The summed E-state index contributed by atoms with van der Waals surface area (Å²) < 4.78 is 10.0. The molecule has 1 aliphatic rings. The fraction of sp³-hybridized carbons (Fsp3) is 0.364. The van der Waals surface area contributed by atoms with Crippen LogP contribution in [0.25, 0.3) is 11.4 Å². The van der Waals surface area contributed by atoms with Gasteiger partial charge in [-0.2, -0.15) is 4.68 Å². The van der Waals surface area contributed by atoms with Crippen molar-refractivity contribution < 1.29 is 9.64 Å². The largest absolute Gasteiger partial charge is 0.497 e. The lowest BCUT2D eigenvalue weighted by Crippen LogP contribution is -3.14. The molecule has 29 heavy (non-hydrogen) atoms. The highest BCUT2D eigenvalue weighted by Crippen LogP contribution is 2.21. The van der Waals surface area contributed by atoms with Crippen molar-refractivity contribution in [1.29, 1.82) is 0 Å². The van der Waals surface area contributed by atoms with Crippen molar-refractivity contribution >= 4 is 17.9 Å². The molecule has 1 N–H and O–H groups in total. The Bertz CT molecular complexity index is 1030. The minimum absolute atomic E-state index is 0.772. The van der Waals surface area contributed by atoms with Gasteiger partial charge in [0.05, 0.1) is 33.3 Å². The van der Waals surface area contributed by atoms with E-state index in [9.17, 15) is 0 Å². The molecule has 0 unspecified atom stereocenters. The molecule has 1 aliphatic heterocycles. The first-order valence-corrected chi connectivity index (χ1v) is 10.4. The molecule has 3 aromatic rings. The van der Waals surface area contributed by atoms with E-state index in [1.807, 2.05) is 34.5 Å². The van der Waals surface area contributed by atoms with Crippen LogP contribution >= 0.6 is 12.2 Å². The zero-order valence-corrected chi connectivity index (χ0v) is 18.1. The van der Waals surface area contributed by atoms with Crippen LogP contribution in [0.4, 0.5) is 5.69 Å². The lowest BCUT2D eigenvalue weighted by atomic mass is 10.1. The van der Waals surface area contributed by atoms with Crippen molar-refractivity contribution in [2.45, 2.75) is 13.6 Å². The second-order valence-electron chi connectivity index (χ2n) is 7.57. The maximum Gasteiger partial charge on any atom is 0.202 e. The first-order valence-electron chi connectivity index (χ1n) is 9.99. The number of nitrogens with zero attached hydrogens (tertiary/aromatic N) is 4. The highest BCUT2D eigenvalue weighted by Gasteiger charge is 2.22. The number of aryl methyl sites for hydroxylation is 1. The normalized spacial score (nSPS) is 14.9. The molecule has 7 heteroatoms. The molecule has 1 aromatic heterocycles. The third-order valence-electron chi connectivity index (χ3n) is 5.71. The predicted octanol–water partition coefficient (Wildman–Crippen LogP) is 2.30. The summed E-state index contributed by atoms with van der Waals surface area (Å²) in [4.78, 5) is 3.93. The maximum atomic E-state index is 5.68. The quantitative estimate of drug-likeness (QED) is 0.656. The molecule has 152 valence electrons. The molecule has 0 bridgehead atoms. The van der Waals surface area contributed by atoms with E-state index in [4.69, 9.17) is 22.1 Å². The number of aromatic nitrogens is 3. The molecular formula is C22H28N5OS+. The van der Waals surface area contributed by atoms with Crippen LogP contribution in [0.15, 0.2) is 48.5 Å². The molecule has 1 fully saturated rings. The summed E-state index contributed by atoms with van der Waals surface area (Å²) in [6, 6.07) is 16.6. The Labute approximate surface area is 176 Å². The van der Waals surface area contributed by atoms with Crippen LogP contribution < -0.4 is 14.5 Å². The smallest absolute Gasteiger partial charge is 0.202 e. The second kappa shape index (κ2) is 8.39. The number of nitrogens with one attached hydrogen (secondary N) is 1. The number of ether oxygens (including phenoxy) is 1. The standard InChI is InChI=1S/C22H27N5OS/c1-17-6-4-5-7-20(17)21-23-27(22(29)24(21)2)16-25-12-14-26(15-13-25)18-8-10-19(28-3)11-9-18/h4-11H,12-16H2,1-3H3/p+1. The summed E-state index contributed by atoms with van der Waals surface area (Å²) >= 11 is 5.68. The molecule has 0 amide bonds. The van der Waals surface area contributed by atoms with E-state index in [1.165, 1.54) is 16.2 Å². The van der Waals surface area contributed by atoms with Crippen LogP contribution in [-0.4, -0.2) is 47.6 Å². The number of quaternary nitrogens is 1. The third-order valence-corrected chi connectivity index (χ3v) is 6.19. The van der Waals surface area contributed by atoms with Gasteiger partial charge in [-0.25, -0.2) is 0 Å². The molecule has 0 spiro atoms. The lowest BCUT2D eigenvalue weighted by Gasteiger charge is -2.33. The van der Waals surface area contributed by atoms with E-state index in [0.29, 0.717) is 0 Å². The summed E-state index contributed by atoms with van der Waals surface area (Å²) in [6.07, 6.45) is 0. The van der Waals surface area contributed by atoms with Crippen molar-refractivity contribution in [3.63, 3.8) is 0 Å². The van der Waals surface area contributed by atoms with Crippen molar-refractivity contribution in [2.75, 3.05) is 38.2 Å². The second-order valence-corrected chi connectivity index (χ2v) is 7.94. The molecular weight excluding hydrogens is 382 g/mol. The van der Waals surface area contributed by atoms with Gasteiger partial charge in [0.25, 0.3) is 0 Å². The van der Waals surface area contributed by atoms with Gasteiger partial charge in [-0.3, -0.25) is 0 Å². The van der Waals surface area contributed by atoms with Crippen molar-refractivity contribution in [3.05, 3.63) is 58.9 Å².